The molecule has 31 heavy (non-hydrogen) atoms. The highest BCUT2D eigenvalue weighted by Gasteiger charge is 2.28. The summed E-state index contributed by atoms with van der Waals surface area (Å²) in [5, 5.41) is 2.73. The van der Waals surface area contributed by atoms with Crippen LogP contribution in [0.5, 0.6) is 17.2 Å². The van der Waals surface area contributed by atoms with E-state index in [9.17, 15) is 9.59 Å². The van der Waals surface area contributed by atoms with E-state index in [1.54, 1.807) is 12.1 Å². The predicted octanol–water partition coefficient (Wildman–Crippen LogP) is 3.07. The van der Waals surface area contributed by atoms with Crippen LogP contribution in [0.2, 0.25) is 0 Å². The van der Waals surface area contributed by atoms with Crippen molar-refractivity contribution in [1.29, 1.82) is 0 Å². The SMILES string of the molecule is COc1cc(C(=O)NCC(=O)N2CCCC2CCc2ccccc2)cc(OC)c1OC. The fraction of sp³-hybridized carbons (Fsp3) is 0.417. The van der Waals surface area contributed by atoms with E-state index in [4.69, 9.17) is 14.2 Å². The number of likely N-dealkylation sites (tertiary alicyclic amines) is 1. The van der Waals surface area contributed by atoms with Gasteiger partial charge < -0.3 is 24.4 Å². The van der Waals surface area contributed by atoms with Gasteiger partial charge in [-0.2, -0.15) is 0 Å². The van der Waals surface area contributed by atoms with Gasteiger partial charge in [0.05, 0.1) is 27.9 Å². The van der Waals surface area contributed by atoms with Gasteiger partial charge in [0.2, 0.25) is 11.7 Å². The van der Waals surface area contributed by atoms with Gasteiger partial charge in [-0.15, -0.1) is 0 Å². The summed E-state index contributed by atoms with van der Waals surface area (Å²) in [6, 6.07) is 13.6. The summed E-state index contributed by atoms with van der Waals surface area (Å²) in [6.07, 6.45) is 3.86. The first-order valence-corrected chi connectivity index (χ1v) is 10.5. The number of hydrogen-bond acceptors (Lipinski definition) is 5. The number of ether oxygens (including phenoxy) is 3. The second-order valence-electron chi connectivity index (χ2n) is 7.50. The molecule has 1 N–H and O–H groups in total. The summed E-state index contributed by atoms with van der Waals surface area (Å²) in [6.45, 7) is 0.690. The molecule has 1 aliphatic rings. The van der Waals surface area contributed by atoms with E-state index >= 15 is 0 Å². The van der Waals surface area contributed by atoms with Crippen molar-refractivity contribution in [2.45, 2.75) is 31.7 Å². The number of rotatable bonds is 9. The molecule has 2 amide bonds. The number of methoxy groups -OCH3 is 3. The molecule has 1 unspecified atom stereocenters. The van der Waals surface area contributed by atoms with Crippen LogP contribution >= 0.6 is 0 Å². The van der Waals surface area contributed by atoms with Crippen LogP contribution in [0.3, 0.4) is 0 Å². The summed E-state index contributed by atoms with van der Waals surface area (Å²) in [5.41, 5.74) is 1.61. The van der Waals surface area contributed by atoms with Crippen molar-refractivity contribution in [1.82, 2.24) is 10.2 Å². The molecule has 1 fully saturated rings. The van der Waals surface area contributed by atoms with E-state index in [-0.39, 0.29) is 24.4 Å². The minimum atomic E-state index is -0.368. The Morgan fingerprint density at radius 3 is 2.32 bits per heavy atom. The molecule has 7 heteroatoms. The van der Waals surface area contributed by atoms with Gasteiger partial charge >= 0.3 is 0 Å². The number of hydrogen-bond donors (Lipinski definition) is 1. The quantitative estimate of drug-likeness (QED) is 0.667. The van der Waals surface area contributed by atoms with Crippen LogP contribution in [-0.2, 0) is 11.2 Å². The number of carbonyl (C=O) groups excluding carboxylic acids is 2. The van der Waals surface area contributed by atoms with Crippen molar-refractivity contribution in [3.8, 4) is 17.2 Å². The molecule has 1 atom stereocenters. The zero-order valence-electron chi connectivity index (χ0n) is 18.3. The van der Waals surface area contributed by atoms with Crippen molar-refractivity contribution in [3.63, 3.8) is 0 Å². The van der Waals surface area contributed by atoms with E-state index in [1.165, 1.54) is 26.9 Å². The van der Waals surface area contributed by atoms with Crippen LogP contribution in [0.1, 0.15) is 35.2 Å². The summed E-state index contributed by atoms with van der Waals surface area (Å²) >= 11 is 0. The number of carbonyl (C=O) groups is 2. The highest BCUT2D eigenvalue weighted by atomic mass is 16.5. The highest BCUT2D eigenvalue weighted by Crippen LogP contribution is 2.38. The molecule has 1 heterocycles. The summed E-state index contributed by atoms with van der Waals surface area (Å²) in [5.74, 6) is 0.762. The van der Waals surface area contributed by atoms with Gasteiger partial charge in [0.15, 0.2) is 11.5 Å². The maximum Gasteiger partial charge on any atom is 0.251 e. The minimum absolute atomic E-state index is 0.0443. The largest absolute Gasteiger partial charge is 0.493 e. The van der Waals surface area contributed by atoms with Crippen molar-refractivity contribution in [2.24, 2.45) is 0 Å². The average molecular weight is 427 g/mol. The molecule has 0 radical (unpaired) electrons. The van der Waals surface area contributed by atoms with Crippen molar-refractivity contribution < 1.29 is 23.8 Å². The molecule has 2 aromatic rings. The van der Waals surface area contributed by atoms with Gasteiger partial charge in [-0.3, -0.25) is 9.59 Å². The topological polar surface area (TPSA) is 77.1 Å². The lowest BCUT2D eigenvalue weighted by Gasteiger charge is -2.25. The first-order valence-electron chi connectivity index (χ1n) is 10.5. The van der Waals surface area contributed by atoms with E-state index in [1.807, 2.05) is 23.1 Å². The number of aryl methyl sites for hydroxylation is 1. The minimum Gasteiger partial charge on any atom is -0.493 e. The zero-order chi connectivity index (χ0) is 22.2. The molecule has 1 saturated heterocycles. The molecule has 1 aliphatic heterocycles. The third-order valence-corrected chi connectivity index (χ3v) is 5.63. The Kier molecular flexibility index (Phi) is 7.76. The van der Waals surface area contributed by atoms with Crippen LogP contribution in [0, 0.1) is 0 Å². The lowest BCUT2D eigenvalue weighted by Crippen LogP contribution is -2.42. The van der Waals surface area contributed by atoms with Gasteiger partial charge in [-0.25, -0.2) is 0 Å². The Hall–Kier alpha value is -3.22. The summed E-state index contributed by atoms with van der Waals surface area (Å²) < 4.78 is 15.9. The average Bonchev–Trinajstić information content (AvgIpc) is 3.29. The summed E-state index contributed by atoms with van der Waals surface area (Å²) in [7, 11) is 4.49. The van der Waals surface area contributed by atoms with Crippen molar-refractivity contribution >= 4 is 11.8 Å². The smallest absolute Gasteiger partial charge is 0.251 e. The second kappa shape index (κ2) is 10.7. The zero-order valence-corrected chi connectivity index (χ0v) is 18.3. The number of nitrogens with one attached hydrogen (secondary N) is 1. The fourth-order valence-corrected chi connectivity index (χ4v) is 4.01. The molecule has 0 aromatic heterocycles. The lowest BCUT2D eigenvalue weighted by atomic mass is 10.0. The van der Waals surface area contributed by atoms with Crippen molar-refractivity contribution in [3.05, 3.63) is 53.6 Å². The highest BCUT2D eigenvalue weighted by molar-refractivity contribution is 5.97. The van der Waals surface area contributed by atoms with Gasteiger partial charge in [0, 0.05) is 18.2 Å². The Labute approximate surface area is 183 Å². The first-order chi connectivity index (χ1) is 15.1. The van der Waals surface area contributed by atoms with Crippen molar-refractivity contribution in [2.75, 3.05) is 34.4 Å². The lowest BCUT2D eigenvalue weighted by molar-refractivity contribution is -0.131. The third-order valence-electron chi connectivity index (χ3n) is 5.63. The van der Waals surface area contributed by atoms with Crippen LogP contribution in [0.4, 0.5) is 0 Å². The number of amides is 2. The Morgan fingerprint density at radius 1 is 1.03 bits per heavy atom. The van der Waals surface area contributed by atoms with E-state index < -0.39 is 0 Å². The molecular formula is C24H30N2O5. The predicted molar refractivity (Wildman–Crippen MR) is 118 cm³/mol. The Morgan fingerprint density at radius 2 is 1.71 bits per heavy atom. The van der Waals surface area contributed by atoms with Gasteiger partial charge in [0.1, 0.15) is 0 Å². The third kappa shape index (κ3) is 5.48. The standard InChI is InChI=1S/C24H30N2O5/c1-29-20-14-18(15-21(30-2)23(20)31-3)24(28)25-16-22(27)26-13-7-10-19(26)12-11-17-8-5-4-6-9-17/h4-6,8-9,14-15,19H,7,10-13,16H2,1-3H3,(H,25,28). The Bertz CT molecular complexity index is 875. The maximum absolute atomic E-state index is 12.8. The first kappa shape index (κ1) is 22.5. The fourth-order valence-electron chi connectivity index (χ4n) is 4.01. The van der Waals surface area contributed by atoms with Gasteiger partial charge in [0.25, 0.3) is 5.91 Å². The van der Waals surface area contributed by atoms with Gasteiger partial charge in [-0.05, 0) is 43.4 Å². The normalized spacial score (nSPS) is 15.5. The number of nitrogens with zero attached hydrogens (tertiary/aromatic N) is 1. The molecule has 3 rings (SSSR count). The Balaban J connectivity index is 1.59. The van der Waals surface area contributed by atoms with Crippen LogP contribution < -0.4 is 19.5 Å². The molecule has 0 saturated carbocycles. The molecule has 7 nitrogen and oxygen atoms in total. The number of benzene rings is 2. The van der Waals surface area contributed by atoms with E-state index in [0.29, 0.717) is 22.8 Å². The molecule has 2 aromatic carbocycles. The second-order valence-corrected chi connectivity index (χ2v) is 7.50. The molecule has 166 valence electrons. The maximum atomic E-state index is 12.8. The molecule has 0 bridgehead atoms. The molecule has 0 aliphatic carbocycles. The van der Waals surface area contributed by atoms with Crippen LogP contribution in [0.15, 0.2) is 42.5 Å². The van der Waals surface area contributed by atoms with Gasteiger partial charge in [-0.1, -0.05) is 30.3 Å². The molecule has 0 spiro atoms. The van der Waals surface area contributed by atoms with Crippen LogP contribution in [-0.4, -0.2) is 57.2 Å². The summed E-state index contributed by atoms with van der Waals surface area (Å²) in [4.78, 5) is 27.4. The van der Waals surface area contributed by atoms with E-state index in [2.05, 4.69) is 17.4 Å². The molecular weight excluding hydrogens is 396 g/mol. The van der Waals surface area contributed by atoms with E-state index in [0.717, 1.165) is 32.2 Å². The monoisotopic (exact) mass is 426 g/mol. The van der Waals surface area contributed by atoms with Crippen LogP contribution in [0.25, 0.3) is 0 Å².